The minimum Gasteiger partial charge on any atom is -0.487 e. The second kappa shape index (κ2) is 22.4. The van der Waals surface area contributed by atoms with Crippen LogP contribution in [-0.4, -0.2) is 65.1 Å². The van der Waals surface area contributed by atoms with E-state index in [4.69, 9.17) is 69.8 Å². The van der Waals surface area contributed by atoms with Crippen molar-refractivity contribution in [1.82, 2.24) is 4.90 Å². The Balaban J connectivity index is 0.000000241. The van der Waals surface area contributed by atoms with Gasteiger partial charge in [-0.05, 0) is 81.1 Å². The van der Waals surface area contributed by atoms with E-state index in [1.165, 1.54) is 23.1 Å². The molecule has 5 rings (SSSR count). The summed E-state index contributed by atoms with van der Waals surface area (Å²) in [4.78, 5) is 36.2. The van der Waals surface area contributed by atoms with Crippen LogP contribution in [0.2, 0.25) is 5.02 Å². The van der Waals surface area contributed by atoms with Gasteiger partial charge in [0.05, 0.1) is 40.6 Å². The molecule has 2 heterocycles. The van der Waals surface area contributed by atoms with Gasteiger partial charge in [-0.15, -0.1) is 11.6 Å². The summed E-state index contributed by atoms with van der Waals surface area (Å²) in [6.07, 6.45) is -1.48. The van der Waals surface area contributed by atoms with Crippen molar-refractivity contribution in [1.29, 1.82) is 0 Å². The molecule has 322 valence electrons. The van der Waals surface area contributed by atoms with Gasteiger partial charge in [-0.1, -0.05) is 66.8 Å². The van der Waals surface area contributed by atoms with E-state index in [0.29, 0.717) is 12.3 Å². The molecule has 3 aromatic carbocycles. The molecule has 59 heavy (non-hydrogen) atoms. The Hall–Kier alpha value is -4.25. The highest BCUT2D eigenvalue weighted by atomic mass is 35.5. The number of aryl methyl sites for hydroxylation is 2. The predicted octanol–water partition coefficient (Wildman–Crippen LogP) is 11.2. The fraction of sp³-hybridized carbons (Fsp3) is 0.400. The van der Waals surface area contributed by atoms with E-state index in [-0.39, 0.29) is 65.1 Å². The molecule has 0 radical (unpaired) electrons. The van der Waals surface area contributed by atoms with Gasteiger partial charge in [-0.3, -0.25) is 24.6 Å². The molecule has 0 spiro atoms. The third kappa shape index (κ3) is 13.4. The van der Waals surface area contributed by atoms with Crippen molar-refractivity contribution in [2.75, 3.05) is 37.8 Å². The number of carbonyl (C=O) groups is 2. The highest BCUT2D eigenvalue weighted by Crippen LogP contribution is 2.39. The number of methoxy groups -OCH3 is 1. The number of alkyl halides is 6. The lowest BCUT2D eigenvalue weighted by atomic mass is 10.0. The van der Waals surface area contributed by atoms with Gasteiger partial charge in [-0.2, -0.15) is 13.2 Å². The number of amides is 2. The van der Waals surface area contributed by atoms with Crippen LogP contribution in [0.5, 0.6) is 17.2 Å². The number of benzene rings is 3. The second-order valence-corrected chi connectivity index (χ2v) is 14.7. The molecule has 4 aromatic rings. The molecule has 1 saturated heterocycles. The van der Waals surface area contributed by atoms with E-state index in [2.05, 4.69) is 13.8 Å². The van der Waals surface area contributed by atoms with Gasteiger partial charge >= 0.3 is 11.9 Å². The van der Waals surface area contributed by atoms with Crippen molar-refractivity contribution >= 4 is 69.6 Å². The molecule has 2 amide bonds. The maximum absolute atomic E-state index is 12.6. The molecule has 1 aromatic heterocycles. The Morgan fingerprint density at radius 3 is 2.17 bits per heavy atom. The fourth-order valence-electron chi connectivity index (χ4n) is 5.82. The van der Waals surface area contributed by atoms with Crippen molar-refractivity contribution in [3.05, 3.63) is 111 Å². The SMILES string of the molecule is CC1(C)OC(c2ccco2)CN1C(=O)C(Cl)Cl.CCOc1cc(Oc2ccc(C(F)(F)F)cc2Cl)ccc1[N+](=O)[O-].CCc1cccc(CC)c1N(COC)C(=O)CCl. The van der Waals surface area contributed by atoms with Crippen LogP contribution in [0.15, 0.2) is 77.4 Å². The van der Waals surface area contributed by atoms with Crippen molar-refractivity contribution in [2.45, 2.75) is 70.3 Å². The number of nitrogens with zero attached hydrogens (tertiary/aromatic N) is 3. The molecule has 1 unspecified atom stereocenters. The van der Waals surface area contributed by atoms with E-state index in [0.717, 1.165) is 47.9 Å². The summed E-state index contributed by atoms with van der Waals surface area (Å²) in [5.74, 6) is 0.287. The minimum absolute atomic E-state index is 0.0111. The quantitative estimate of drug-likeness (QED) is 0.0556. The third-order valence-electron chi connectivity index (χ3n) is 8.57. The zero-order valence-electron chi connectivity index (χ0n) is 33.0. The largest absolute Gasteiger partial charge is 0.487 e. The molecule has 1 aliphatic rings. The number of hydrogen-bond acceptors (Lipinski definition) is 9. The van der Waals surface area contributed by atoms with Crippen LogP contribution in [0.3, 0.4) is 0 Å². The van der Waals surface area contributed by atoms with Crippen molar-refractivity contribution in [3.8, 4) is 17.2 Å². The number of furan rings is 1. The highest BCUT2D eigenvalue weighted by Gasteiger charge is 2.45. The fourth-order valence-corrected chi connectivity index (χ4v) is 6.42. The van der Waals surface area contributed by atoms with Crippen LogP contribution >= 0.6 is 46.4 Å². The first kappa shape index (κ1) is 49.1. The second-order valence-electron chi connectivity index (χ2n) is 12.9. The molecule has 1 fully saturated rings. The number of nitro benzene ring substituents is 1. The number of nitro groups is 1. The molecule has 12 nitrogen and oxygen atoms in total. The van der Waals surface area contributed by atoms with Gasteiger partial charge in [0.15, 0.2) is 4.84 Å². The lowest BCUT2D eigenvalue weighted by Crippen LogP contribution is -2.45. The molecular weight excluding hydrogens is 865 g/mol. The zero-order valence-corrected chi connectivity index (χ0v) is 36.0. The smallest absolute Gasteiger partial charge is 0.416 e. The number of anilines is 1. The number of carbonyl (C=O) groups excluding carboxylic acids is 2. The Labute approximate surface area is 360 Å². The molecule has 0 N–H and O–H groups in total. The molecule has 1 aliphatic heterocycles. The van der Waals surface area contributed by atoms with E-state index >= 15 is 0 Å². The van der Waals surface area contributed by atoms with Crippen molar-refractivity contribution in [3.63, 3.8) is 0 Å². The highest BCUT2D eigenvalue weighted by molar-refractivity contribution is 6.53. The normalized spacial score (nSPS) is 14.5. The summed E-state index contributed by atoms with van der Waals surface area (Å²) in [5, 5.41) is 10.7. The number of halogens is 7. The molecule has 1 atom stereocenters. The van der Waals surface area contributed by atoms with Crippen LogP contribution in [0.25, 0.3) is 0 Å². The van der Waals surface area contributed by atoms with Gasteiger partial charge in [0.1, 0.15) is 41.7 Å². The molecule has 0 bridgehead atoms. The Morgan fingerprint density at radius 2 is 1.68 bits per heavy atom. The first-order chi connectivity index (χ1) is 27.8. The number of ether oxygens (including phenoxy) is 4. The molecular formula is C40H44Cl4F3N3O9. The first-order valence-electron chi connectivity index (χ1n) is 18.1. The number of rotatable bonds is 13. The van der Waals surface area contributed by atoms with E-state index < -0.39 is 27.2 Å². The maximum atomic E-state index is 12.6. The topological polar surface area (TPSA) is 134 Å². The number of para-hydroxylation sites is 1. The molecule has 19 heteroatoms. The van der Waals surface area contributed by atoms with E-state index in [1.807, 2.05) is 24.3 Å². The Kier molecular flexibility index (Phi) is 18.6. The Morgan fingerprint density at radius 1 is 1.02 bits per heavy atom. The summed E-state index contributed by atoms with van der Waals surface area (Å²) in [7, 11) is 1.58. The lowest BCUT2D eigenvalue weighted by Gasteiger charge is -2.29. The van der Waals surface area contributed by atoms with E-state index in [9.17, 15) is 32.9 Å². The van der Waals surface area contributed by atoms with Crippen LogP contribution in [0.1, 0.15) is 63.2 Å². The standard InChI is InChI=1S/C15H11ClF3NO4.C14H20ClNO2.C11H13Cl2NO3/c1-2-23-14-8-10(4-5-12(14)20(21)22)24-13-6-3-9(7-11(13)16)15(17,18)19;1-4-11-7-6-8-12(5-2)14(11)16(10-18-3)13(17)9-15;1-11(2)14(10(15)9(12)13)6-8(17-11)7-4-3-5-16-7/h3-8H,2H2,1H3;6-8H,4-5,9-10H2,1-3H3;3-5,8-9H,6H2,1-2H3. The zero-order chi connectivity index (χ0) is 44.1. The summed E-state index contributed by atoms with van der Waals surface area (Å²) < 4.78 is 64.5. The van der Waals surface area contributed by atoms with Crippen LogP contribution in [0.4, 0.5) is 24.5 Å². The van der Waals surface area contributed by atoms with Gasteiger partial charge < -0.3 is 28.3 Å². The average molecular weight is 910 g/mol. The van der Waals surface area contributed by atoms with E-state index in [1.54, 1.807) is 45.1 Å². The van der Waals surface area contributed by atoms with Gasteiger partial charge in [0.2, 0.25) is 11.7 Å². The van der Waals surface area contributed by atoms with Gasteiger partial charge in [0, 0.05) is 19.2 Å². The molecule has 0 aliphatic carbocycles. The van der Waals surface area contributed by atoms with Gasteiger partial charge in [0.25, 0.3) is 5.91 Å². The van der Waals surface area contributed by atoms with Crippen LogP contribution in [0, 0.1) is 10.1 Å². The summed E-state index contributed by atoms with van der Waals surface area (Å²) >= 11 is 22.7. The van der Waals surface area contributed by atoms with Crippen molar-refractivity contribution in [2.24, 2.45) is 0 Å². The summed E-state index contributed by atoms with van der Waals surface area (Å²) in [6, 6.07) is 16.1. The lowest BCUT2D eigenvalue weighted by molar-refractivity contribution is -0.385. The van der Waals surface area contributed by atoms with Crippen molar-refractivity contribution < 1.29 is 51.0 Å². The number of hydrogen-bond donors (Lipinski definition) is 0. The van der Waals surface area contributed by atoms with Crippen LogP contribution in [-0.2, 0) is 38.1 Å². The predicted molar refractivity (Wildman–Crippen MR) is 220 cm³/mol. The van der Waals surface area contributed by atoms with Gasteiger partial charge in [-0.25, -0.2) is 0 Å². The van der Waals surface area contributed by atoms with Crippen LogP contribution < -0.4 is 14.4 Å². The molecule has 0 saturated carbocycles. The first-order valence-corrected chi connectivity index (χ1v) is 19.8. The maximum Gasteiger partial charge on any atom is 0.416 e. The third-order valence-corrected chi connectivity index (χ3v) is 9.46. The summed E-state index contributed by atoms with van der Waals surface area (Å²) in [5.41, 5.74) is 1.35. The minimum atomic E-state index is -4.52. The average Bonchev–Trinajstić information content (AvgIpc) is 3.85. The summed E-state index contributed by atoms with van der Waals surface area (Å²) in [6.45, 7) is 10.2. The Bertz CT molecular complexity index is 2000. The monoisotopic (exact) mass is 907 g/mol.